The third-order valence-electron chi connectivity index (χ3n) is 3.20. The van der Waals surface area contributed by atoms with Crippen LogP contribution < -0.4 is 5.73 Å². The highest BCUT2D eigenvalue weighted by molar-refractivity contribution is 5.33. The highest BCUT2D eigenvalue weighted by Gasteiger charge is 2.14. The molecule has 2 aromatic rings. The molecule has 2 rings (SSSR count). The van der Waals surface area contributed by atoms with Crippen LogP contribution in [0.15, 0.2) is 48.5 Å². The van der Waals surface area contributed by atoms with Crippen molar-refractivity contribution in [3.05, 3.63) is 71.3 Å². The van der Waals surface area contributed by atoms with Gasteiger partial charge in [0.2, 0.25) is 0 Å². The fourth-order valence-corrected chi connectivity index (χ4v) is 2.29. The monoisotopic (exact) mass is 261 g/mol. The predicted molar refractivity (Wildman–Crippen MR) is 72.9 cm³/mol. The van der Waals surface area contributed by atoms with Gasteiger partial charge in [-0.05, 0) is 54.8 Å². The van der Waals surface area contributed by atoms with Crippen molar-refractivity contribution >= 4 is 0 Å². The van der Waals surface area contributed by atoms with Gasteiger partial charge in [-0.25, -0.2) is 8.78 Å². The Balaban J connectivity index is 2.35. The number of benzene rings is 2. The van der Waals surface area contributed by atoms with Crippen LogP contribution in [-0.2, 0) is 0 Å². The number of nitrogens with two attached hydrogens (primary N) is 1. The second-order valence-corrected chi connectivity index (χ2v) is 4.59. The van der Waals surface area contributed by atoms with Crippen molar-refractivity contribution in [2.75, 3.05) is 6.54 Å². The van der Waals surface area contributed by atoms with Crippen molar-refractivity contribution in [3.8, 4) is 0 Å². The van der Waals surface area contributed by atoms with E-state index in [9.17, 15) is 8.78 Å². The molecule has 0 fully saturated rings. The van der Waals surface area contributed by atoms with Crippen LogP contribution in [0.5, 0.6) is 0 Å². The summed E-state index contributed by atoms with van der Waals surface area (Å²) in [6.45, 7) is 0.571. The van der Waals surface area contributed by atoms with Crippen LogP contribution in [0.3, 0.4) is 0 Å². The molecule has 0 spiro atoms. The average molecular weight is 261 g/mol. The molecule has 0 aromatic heterocycles. The number of rotatable bonds is 5. The van der Waals surface area contributed by atoms with Crippen LogP contribution in [0.4, 0.5) is 8.78 Å². The molecule has 19 heavy (non-hydrogen) atoms. The van der Waals surface area contributed by atoms with Crippen LogP contribution in [0.1, 0.15) is 29.9 Å². The zero-order valence-electron chi connectivity index (χ0n) is 10.7. The van der Waals surface area contributed by atoms with Crippen molar-refractivity contribution in [2.45, 2.75) is 18.8 Å². The summed E-state index contributed by atoms with van der Waals surface area (Å²) < 4.78 is 26.7. The minimum absolute atomic E-state index is 0.0186. The van der Waals surface area contributed by atoms with Gasteiger partial charge in [-0.1, -0.05) is 24.3 Å². The van der Waals surface area contributed by atoms with Crippen LogP contribution in [-0.4, -0.2) is 6.54 Å². The Morgan fingerprint density at radius 1 is 0.895 bits per heavy atom. The second-order valence-electron chi connectivity index (χ2n) is 4.59. The van der Waals surface area contributed by atoms with E-state index in [-0.39, 0.29) is 17.6 Å². The SMILES string of the molecule is NCCCC(c1cccc(F)c1)c1cccc(F)c1. The Kier molecular flexibility index (Phi) is 4.63. The summed E-state index contributed by atoms with van der Waals surface area (Å²) in [7, 11) is 0. The average Bonchev–Trinajstić information content (AvgIpc) is 2.39. The summed E-state index contributed by atoms with van der Waals surface area (Å²) >= 11 is 0. The van der Waals surface area contributed by atoms with Gasteiger partial charge in [0.25, 0.3) is 0 Å². The Bertz CT molecular complexity index is 494. The Hall–Kier alpha value is -1.74. The normalized spacial score (nSPS) is 10.9. The number of hydrogen-bond acceptors (Lipinski definition) is 1. The molecular weight excluding hydrogens is 244 g/mol. The quantitative estimate of drug-likeness (QED) is 0.869. The topological polar surface area (TPSA) is 26.0 Å². The summed E-state index contributed by atoms with van der Waals surface area (Å²) in [5, 5.41) is 0. The first-order valence-corrected chi connectivity index (χ1v) is 6.41. The van der Waals surface area contributed by atoms with E-state index in [1.807, 2.05) is 12.1 Å². The summed E-state index contributed by atoms with van der Waals surface area (Å²) in [6.07, 6.45) is 1.60. The van der Waals surface area contributed by atoms with Crippen molar-refractivity contribution in [3.63, 3.8) is 0 Å². The largest absolute Gasteiger partial charge is 0.330 e. The molecule has 0 radical (unpaired) electrons. The maximum atomic E-state index is 13.3. The van der Waals surface area contributed by atoms with Gasteiger partial charge < -0.3 is 5.73 Å². The Morgan fingerprint density at radius 3 is 1.84 bits per heavy atom. The summed E-state index contributed by atoms with van der Waals surface area (Å²) in [6, 6.07) is 12.9. The zero-order valence-corrected chi connectivity index (χ0v) is 10.7. The fraction of sp³-hybridized carbons (Fsp3) is 0.250. The molecule has 0 aliphatic rings. The first-order chi connectivity index (χ1) is 9.20. The lowest BCUT2D eigenvalue weighted by Gasteiger charge is -2.18. The molecule has 3 heteroatoms. The molecule has 0 saturated heterocycles. The van der Waals surface area contributed by atoms with Gasteiger partial charge in [0, 0.05) is 5.92 Å². The first-order valence-electron chi connectivity index (χ1n) is 6.41. The van der Waals surface area contributed by atoms with E-state index in [4.69, 9.17) is 5.73 Å². The van der Waals surface area contributed by atoms with Crippen LogP contribution in [0.25, 0.3) is 0 Å². The standard InChI is InChI=1S/C16H17F2N/c17-14-6-1-4-12(10-14)16(8-3-9-19)13-5-2-7-15(18)11-13/h1-2,4-7,10-11,16H,3,8-9,19H2. The minimum atomic E-state index is -0.272. The van der Waals surface area contributed by atoms with Gasteiger partial charge in [-0.15, -0.1) is 0 Å². The molecule has 0 unspecified atom stereocenters. The molecule has 0 aliphatic carbocycles. The predicted octanol–water partition coefficient (Wildman–Crippen LogP) is 3.84. The van der Waals surface area contributed by atoms with E-state index in [1.54, 1.807) is 12.1 Å². The van der Waals surface area contributed by atoms with E-state index in [1.165, 1.54) is 24.3 Å². The Labute approximate surface area is 112 Å². The lowest BCUT2D eigenvalue weighted by molar-refractivity contribution is 0.608. The summed E-state index contributed by atoms with van der Waals surface area (Å²) in [5.41, 5.74) is 7.27. The van der Waals surface area contributed by atoms with Crippen LogP contribution in [0.2, 0.25) is 0 Å². The van der Waals surface area contributed by atoms with E-state index >= 15 is 0 Å². The molecule has 0 saturated carbocycles. The molecule has 0 aliphatic heterocycles. The zero-order chi connectivity index (χ0) is 13.7. The van der Waals surface area contributed by atoms with Crippen molar-refractivity contribution in [2.24, 2.45) is 5.73 Å². The second kappa shape index (κ2) is 6.43. The van der Waals surface area contributed by atoms with Gasteiger partial charge in [0.15, 0.2) is 0 Å². The van der Waals surface area contributed by atoms with E-state index < -0.39 is 0 Å². The molecule has 0 atom stereocenters. The molecule has 0 amide bonds. The smallest absolute Gasteiger partial charge is 0.123 e. The van der Waals surface area contributed by atoms with Gasteiger partial charge in [-0.2, -0.15) is 0 Å². The van der Waals surface area contributed by atoms with Crippen LogP contribution in [0, 0.1) is 11.6 Å². The lowest BCUT2D eigenvalue weighted by Crippen LogP contribution is -2.06. The molecule has 0 heterocycles. The van der Waals surface area contributed by atoms with Gasteiger partial charge >= 0.3 is 0 Å². The highest BCUT2D eigenvalue weighted by Crippen LogP contribution is 2.29. The molecule has 100 valence electrons. The van der Waals surface area contributed by atoms with Crippen molar-refractivity contribution in [1.29, 1.82) is 0 Å². The Morgan fingerprint density at radius 2 is 1.42 bits per heavy atom. The summed E-state index contributed by atoms with van der Waals surface area (Å²) in [4.78, 5) is 0. The first kappa shape index (κ1) is 13.7. The van der Waals surface area contributed by atoms with E-state index in [2.05, 4.69) is 0 Å². The van der Waals surface area contributed by atoms with Gasteiger partial charge in [-0.3, -0.25) is 0 Å². The maximum Gasteiger partial charge on any atom is 0.123 e. The molecule has 1 nitrogen and oxygen atoms in total. The summed E-state index contributed by atoms with van der Waals surface area (Å²) in [5.74, 6) is -0.562. The van der Waals surface area contributed by atoms with Gasteiger partial charge in [0.05, 0.1) is 0 Å². The number of halogens is 2. The third-order valence-corrected chi connectivity index (χ3v) is 3.20. The molecule has 2 aromatic carbocycles. The van der Waals surface area contributed by atoms with E-state index in [0.717, 1.165) is 24.0 Å². The third kappa shape index (κ3) is 3.61. The van der Waals surface area contributed by atoms with E-state index in [0.29, 0.717) is 6.54 Å². The van der Waals surface area contributed by atoms with Crippen LogP contribution >= 0.6 is 0 Å². The van der Waals surface area contributed by atoms with Gasteiger partial charge in [0.1, 0.15) is 11.6 Å². The fourth-order valence-electron chi connectivity index (χ4n) is 2.29. The maximum absolute atomic E-state index is 13.3. The number of hydrogen-bond donors (Lipinski definition) is 1. The van der Waals surface area contributed by atoms with Crippen molar-refractivity contribution in [1.82, 2.24) is 0 Å². The molecule has 0 bridgehead atoms. The minimum Gasteiger partial charge on any atom is -0.330 e. The highest BCUT2D eigenvalue weighted by atomic mass is 19.1. The molecule has 2 N–H and O–H groups in total. The molecular formula is C16H17F2N. The lowest BCUT2D eigenvalue weighted by atomic mass is 9.87. The van der Waals surface area contributed by atoms with Crippen molar-refractivity contribution < 1.29 is 8.78 Å².